The summed E-state index contributed by atoms with van der Waals surface area (Å²) in [5.41, 5.74) is 7.73. The van der Waals surface area contributed by atoms with E-state index in [1.807, 2.05) is 42.9 Å². The summed E-state index contributed by atoms with van der Waals surface area (Å²) in [6, 6.07) is 15.8. The lowest BCUT2D eigenvalue weighted by Gasteiger charge is -2.26. The van der Waals surface area contributed by atoms with E-state index in [4.69, 9.17) is 0 Å². The third-order valence-corrected chi connectivity index (χ3v) is 8.07. The number of pyridine rings is 2. The Kier molecular flexibility index (Phi) is 5.56. The number of thiophene rings is 1. The third-order valence-electron chi connectivity index (χ3n) is 7.16. The van der Waals surface area contributed by atoms with Crippen LogP contribution in [0.25, 0.3) is 54.9 Å². The second-order valence-electron chi connectivity index (χ2n) is 9.67. The smallest absolute Gasteiger partial charge is 0.181 e. The Morgan fingerprint density at radius 1 is 0.919 bits per heavy atom. The van der Waals surface area contributed by atoms with Gasteiger partial charge < -0.3 is 4.98 Å². The van der Waals surface area contributed by atoms with Crippen molar-refractivity contribution in [2.45, 2.75) is 25.8 Å². The zero-order chi connectivity index (χ0) is 24.8. The SMILES string of the molecule is Fc1ccc(-c2cccc3[nH]c(-c4[nH]nc5ncc(-c6cncc(CN7CCCCC7)c6)cc45)cc23)s1. The maximum atomic E-state index is 13.7. The van der Waals surface area contributed by atoms with Crippen LogP contribution in [0.15, 0.2) is 67.1 Å². The third kappa shape index (κ3) is 4.22. The van der Waals surface area contributed by atoms with E-state index in [1.54, 1.807) is 0 Å². The minimum absolute atomic E-state index is 0.185. The molecule has 0 unspecified atom stereocenters. The number of rotatable bonds is 5. The lowest BCUT2D eigenvalue weighted by Crippen LogP contribution is -2.29. The highest BCUT2D eigenvalue weighted by atomic mass is 32.1. The van der Waals surface area contributed by atoms with Crippen LogP contribution in [0.4, 0.5) is 4.39 Å². The average Bonchev–Trinajstić information content (AvgIpc) is 3.66. The molecule has 0 spiro atoms. The molecule has 5 aromatic heterocycles. The average molecular weight is 509 g/mol. The van der Waals surface area contributed by atoms with Crippen LogP contribution in [0.1, 0.15) is 24.8 Å². The number of fused-ring (bicyclic) bond motifs is 2. The Labute approximate surface area is 217 Å². The molecule has 0 amide bonds. The Morgan fingerprint density at radius 2 is 1.81 bits per heavy atom. The zero-order valence-electron chi connectivity index (χ0n) is 20.2. The van der Waals surface area contributed by atoms with Gasteiger partial charge in [0, 0.05) is 63.0 Å². The van der Waals surface area contributed by atoms with Gasteiger partial charge in [0.05, 0.1) is 11.4 Å². The number of hydrogen-bond donors (Lipinski definition) is 2. The van der Waals surface area contributed by atoms with Gasteiger partial charge in [-0.25, -0.2) is 4.98 Å². The number of piperidine rings is 1. The second kappa shape index (κ2) is 9.21. The lowest BCUT2D eigenvalue weighted by atomic mass is 10.0. The van der Waals surface area contributed by atoms with Gasteiger partial charge in [0.25, 0.3) is 0 Å². The summed E-state index contributed by atoms with van der Waals surface area (Å²) in [5.74, 6) is 0. The number of nitrogens with zero attached hydrogens (tertiary/aromatic N) is 4. The van der Waals surface area contributed by atoms with E-state index >= 15 is 0 Å². The van der Waals surface area contributed by atoms with Crippen molar-refractivity contribution in [3.05, 3.63) is 77.8 Å². The minimum atomic E-state index is -0.185. The van der Waals surface area contributed by atoms with E-state index < -0.39 is 0 Å². The van der Waals surface area contributed by atoms with Crippen molar-refractivity contribution in [3.63, 3.8) is 0 Å². The van der Waals surface area contributed by atoms with Crippen molar-refractivity contribution in [1.82, 2.24) is 30.0 Å². The van der Waals surface area contributed by atoms with E-state index in [-0.39, 0.29) is 5.13 Å². The highest BCUT2D eigenvalue weighted by Crippen LogP contribution is 2.37. The number of benzene rings is 1. The van der Waals surface area contributed by atoms with Gasteiger partial charge in [-0.3, -0.25) is 15.0 Å². The van der Waals surface area contributed by atoms with Gasteiger partial charge in [-0.15, -0.1) is 11.3 Å². The predicted octanol–water partition coefficient (Wildman–Crippen LogP) is 7.02. The monoisotopic (exact) mass is 508 g/mol. The molecule has 1 aliphatic rings. The summed E-state index contributed by atoms with van der Waals surface area (Å²) < 4.78 is 13.7. The molecule has 1 saturated heterocycles. The van der Waals surface area contributed by atoms with Crippen LogP contribution >= 0.6 is 11.3 Å². The molecule has 8 heteroatoms. The van der Waals surface area contributed by atoms with E-state index in [9.17, 15) is 4.39 Å². The topological polar surface area (TPSA) is 73.5 Å². The van der Waals surface area contributed by atoms with Crippen LogP contribution in [0.5, 0.6) is 0 Å². The van der Waals surface area contributed by atoms with Gasteiger partial charge in [0.1, 0.15) is 0 Å². The summed E-state index contributed by atoms with van der Waals surface area (Å²) in [5, 5.41) is 9.42. The van der Waals surface area contributed by atoms with Crippen molar-refractivity contribution in [2.24, 2.45) is 0 Å². The zero-order valence-corrected chi connectivity index (χ0v) is 21.0. The lowest BCUT2D eigenvalue weighted by molar-refractivity contribution is 0.220. The van der Waals surface area contributed by atoms with Gasteiger partial charge in [-0.1, -0.05) is 18.6 Å². The van der Waals surface area contributed by atoms with Crippen molar-refractivity contribution in [3.8, 4) is 33.0 Å². The number of nitrogens with one attached hydrogen (secondary N) is 2. The highest BCUT2D eigenvalue weighted by Gasteiger charge is 2.16. The fraction of sp³-hybridized carbons (Fsp3) is 0.207. The van der Waals surface area contributed by atoms with E-state index in [0.717, 1.165) is 80.2 Å². The Morgan fingerprint density at radius 3 is 2.68 bits per heavy atom. The normalized spacial score (nSPS) is 14.6. The summed E-state index contributed by atoms with van der Waals surface area (Å²) >= 11 is 1.16. The first kappa shape index (κ1) is 22.3. The first-order valence-electron chi connectivity index (χ1n) is 12.6. The van der Waals surface area contributed by atoms with Gasteiger partial charge >= 0.3 is 0 Å². The largest absolute Gasteiger partial charge is 0.353 e. The Hall–Kier alpha value is -3.88. The minimum Gasteiger partial charge on any atom is -0.353 e. The van der Waals surface area contributed by atoms with E-state index in [1.165, 1.54) is 30.9 Å². The number of aromatic nitrogens is 5. The number of halogens is 1. The predicted molar refractivity (Wildman–Crippen MR) is 147 cm³/mol. The number of likely N-dealkylation sites (tertiary alicyclic amines) is 1. The van der Waals surface area contributed by atoms with E-state index in [2.05, 4.69) is 48.2 Å². The maximum absolute atomic E-state index is 13.7. The highest BCUT2D eigenvalue weighted by molar-refractivity contribution is 7.14. The van der Waals surface area contributed by atoms with Crippen LogP contribution in [-0.2, 0) is 6.54 Å². The number of aromatic amines is 2. The van der Waals surface area contributed by atoms with Gasteiger partial charge in [0.15, 0.2) is 10.8 Å². The number of H-pyrrole nitrogens is 2. The molecule has 6 heterocycles. The van der Waals surface area contributed by atoms with E-state index in [0.29, 0.717) is 5.65 Å². The molecule has 37 heavy (non-hydrogen) atoms. The molecule has 7 rings (SSSR count). The maximum Gasteiger partial charge on any atom is 0.181 e. The molecule has 0 atom stereocenters. The van der Waals surface area contributed by atoms with Gasteiger partial charge in [-0.2, -0.15) is 9.49 Å². The summed E-state index contributed by atoms with van der Waals surface area (Å²) in [6.07, 6.45) is 9.61. The molecular weight excluding hydrogens is 483 g/mol. The molecule has 0 bridgehead atoms. The van der Waals surface area contributed by atoms with Crippen LogP contribution < -0.4 is 0 Å². The fourth-order valence-electron chi connectivity index (χ4n) is 5.33. The van der Waals surface area contributed by atoms with Crippen molar-refractivity contribution in [2.75, 3.05) is 13.1 Å². The molecule has 6 nitrogen and oxygen atoms in total. The molecule has 0 radical (unpaired) electrons. The van der Waals surface area contributed by atoms with Crippen LogP contribution in [0.3, 0.4) is 0 Å². The van der Waals surface area contributed by atoms with Crippen molar-refractivity contribution < 1.29 is 4.39 Å². The first-order chi connectivity index (χ1) is 18.2. The molecule has 184 valence electrons. The summed E-state index contributed by atoms with van der Waals surface area (Å²) in [7, 11) is 0. The van der Waals surface area contributed by atoms with Crippen molar-refractivity contribution in [1.29, 1.82) is 0 Å². The molecule has 6 aromatic rings. The second-order valence-corrected chi connectivity index (χ2v) is 10.7. The molecule has 2 N–H and O–H groups in total. The summed E-state index contributed by atoms with van der Waals surface area (Å²) in [6.45, 7) is 3.24. The first-order valence-corrected chi connectivity index (χ1v) is 13.4. The molecule has 0 aliphatic carbocycles. The standard InChI is InChI=1S/C29H25FN6S/c30-27-8-7-26(37-27)21-5-4-6-24-22(21)13-25(33-24)28-23-12-20(16-32-29(23)35-34-28)19-11-18(14-31-15-19)17-36-9-2-1-3-10-36/h4-8,11-16,33H,1-3,9-10,17H2,(H,32,34,35). The Balaban J connectivity index is 1.26. The summed E-state index contributed by atoms with van der Waals surface area (Å²) in [4.78, 5) is 16.1. The van der Waals surface area contributed by atoms with Crippen molar-refractivity contribution >= 4 is 33.3 Å². The van der Waals surface area contributed by atoms with Gasteiger partial charge in [0.2, 0.25) is 0 Å². The van der Waals surface area contributed by atoms with Gasteiger partial charge in [-0.05, 0) is 67.9 Å². The quantitative estimate of drug-likeness (QED) is 0.262. The van der Waals surface area contributed by atoms with Crippen LogP contribution in [0, 0.1) is 5.13 Å². The number of hydrogen-bond acceptors (Lipinski definition) is 5. The Bertz CT molecular complexity index is 1730. The molecule has 1 fully saturated rings. The molecule has 0 saturated carbocycles. The molecule has 1 aliphatic heterocycles. The van der Waals surface area contributed by atoms with Crippen LogP contribution in [-0.4, -0.2) is 43.1 Å². The fourth-order valence-corrected chi connectivity index (χ4v) is 6.10. The van der Waals surface area contributed by atoms with Crippen LogP contribution in [0.2, 0.25) is 0 Å². The molecular formula is C29H25FN6S. The molecule has 1 aromatic carbocycles.